The van der Waals surface area contributed by atoms with Crippen LogP contribution in [0.1, 0.15) is 6.92 Å². The third kappa shape index (κ3) is 1.46. The molecule has 0 unspecified atom stereocenters. The molecule has 14 heavy (non-hydrogen) atoms. The lowest BCUT2D eigenvalue weighted by Gasteiger charge is -2.00. The number of rotatable bonds is 2. The van der Waals surface area contributed by atoms with Gasteiger partial charge >= 0.3 is 0 Å². The number of thiophene rings is 1. The number of ketones is 1. The maximum absolute atomic E-state index is 11.7. The topological polar surface area (TPSA) is 52.0 Å². The van der Waals surface area contributed by atoms with Crippen molar-refractivity contribution < 1.29 is 4.79 Å². The molecule has 0 N–H and O–H groups in total. The predicted octanol–water partition coefficient (Wildman–Crippen LogP) is 1.05. The number of hydrogen-bond donors (Lipinski definition) is 0. The van der Waals surface area contributed by atoms with Crippen LogP contribution in [0.25, 0.3) is 10.2 Å². The van der Waals surface area contributed by atoms with Crippen LogP contribution in [0.3, 0.4) is 0 Å². The van der Waals surface area contributed by atoms with E-state index in [0.717, 1.165) is 0 Å². The Hall–Kier alpha value is -1.49. The Morgan fingerprint density at radius 3 is 3.14 bits per heavy atom. The van der Waals surface area contributed by atoms with Crippen LogP contribution in [-0.4, -0.2) is 15.3 Å². The molecule has 0 radical (unpaired) electrons. The summed E-state index contributed by atoms with van der Waals surface area (Å²) in [5, 5.41) is 1.82. The molecule has 2 aromatic heterocycles. The second kappa shape index (κ2) is 3.34. The standard InChI is InChI=1S/C9H8N2O2S/c1-6(12)4-11-5-10-7-2-3-14-8(7)9(11)13/h2-3,5H,4H2,1H3. The van der Waals surface area contributed by atoms with Crippen molar-refractivity contribution in [3.05, 3.63) is 28.1 Å². The van der Waals surface area contributed by atoms with E-state index in [1.54, 1.807) is 6.07 Å². The van der Waals surface area contributed by atoms with Crippen LogP contribution in [0, 0.1) is 0 Å². The van der Waals surface area contributed by atoms with Crippen molar-refractivity contribution in [3.63, 3.8) is 0 Å². The number of hydrogen-bond acceptors (Lipinski definition) is 4. The summed E-state index contributed by atoms with van der Waals surface area (Å²) in [7, 11) is 0. The summed E-state index contributed by atoms with van der Waals surface area (Å²) in [6, 6.07) is 1.79. The van der Waals surface area contributed by atoms with Gasteiger partial charge in [-0.05, 0) is 18.4 Å². The molecule has 0 fully saturated rings. The lowest BCUT2D eigenvalue weighted by atomic mass is 10.4. The first kappa shape index (κ1) is 9.08. The molecule has 72 valence electrons. The molecule has 0 aliphatic heterocycles. The van der Waals surface area contributed by atoms with Gasteiger partial charge in [0.25, 0.3) is 5.56 Å². The van der Waals surface area contributed by atoms with Crippen LogP contribution in [-0.2, 0) is 11.3 Å². The Kier molecular flexibility index (Phi) is 2.17. The van der Waals surface area contributed by atoms with Gasteiger partial charge in [-0.1, -0.05) is 0 Å². The molecule has 0 saturated heterocycles. The molecule has 2 aromatic rings. The van der Waals surface area contributed by atoms with Crippen molar-refractivity contribution in [2.45, 2.75) is 13.5 Å². The summed E-state index contributed by atoms with van der Waals surface area (Å²) in [6.45, 7) is 1.55. The summed E-state index contributed by atoms with van der Waals surface area (Å²) in [6.07, 6.45) is 1.42. The zero-order valence-corrected chi connectivity index (χ0v) is 8.37. The van der Waals surface area contributed by atoms with Gasteiger partial charge in [0.05, 0.1) is 18.4 Å². The van der Waals surface area contributed by atoms with Crippen LogP contribution in [0.2, 0.25) is 0 Å². The monoisotopic (exact) mass is 208 g/mol. The summed E-state index contributed by atoms with van der Waals surface area (Å²) >= 11 is 1.35. The van der Waals surface area contributed by atoms with Crippen molar-refractivity contribution in [1.29, 1.82) is 0 Å². The highest BCUT2D eigenvalue weighted by atomic mass is 32.1. The van der Waals surface area contributed by atoms with E-state index in [1.165, 1.54) is 29.2 Å². The number of Topliss-reactive ketones (excluding diaryl/α,β-unsaturated/α-hetero) is 1. The van der Waals surface area contributed by atoms with Gasteiger partial charge in [0, 0.05) is 0 Å². The Morgan fingerprint density at radius 1 is 1.64 bits per heavy atom. The van der Waals surface area contributed by atoms with Crippen LogP contribution in [0.4, 0.5) is 0 Å². The van der Waals surface area contributed by atoms with E-state index in [0.29, 0.717) is 10.2 Å². The summed E-state index contributed by atoms with van der Waals surface area (Å²) < 4.78 is 1.94. The van der Waals surface area contributed by atoms with Gasteiger partial charge in [0.2, 0.25) is 0 Å². The molecule has 0 aliphatic rings. The lowest BCUT2D eigenvalue weighted by molar-refractivity contribution is -0.117. The summed E-state index contributed by atoms with van der Waals surface area (Å²) in [4.78, 5) is 26.6. The number of nitrogens with zero attached hydrogens (tertiary/aromatic N) is 2. The quantitative estimate of drug-likeness (QED) is 0.741. The smallest absolute Gasteiger partial charge is 0.271 e. The molecule has 5 heteroatoms. The van der Waals surface area contributed by atoms with Crippen LogP contribution in [0.5, 0.6) is 0 Å². The number of carbonyl (C=O) groups excluding carboxylic acids is 1. The Balaban J connectivity index is 2.62. The molecule has 4 nitrogen and oxygen atoms in total. The maximum atomic E-state index is 11.7. The van der Waals surface area contributed by atoms with E-state index in [-0.39, 0.29) is 17.9 Å². The zero-order valence-electron chi connectivity index (χ0n) is 7.56. The molecule has 2 rings (SSSR count). The van der Waals surface area contributed by atoms with Gasteiger partial charge in [-0.3, -0.25) is 14.2 Å². The minimum absolute atomic E-state index is 0.0511. The van der Waals surface area contributed by atoms with Gasteiger partial charge in [0.1, 0.15) is 10.5 Å². The lowest BCUT2D eigenvalue weighted by Crippen LogP contribution is -2.22. The molecular weight excluding hydrogens is 200 g/mol. The van der Waals surface area contributed by atoms with Gasteiger partial charge in [-0.2, -0.15) is 0 Å². The largest absolute Gasteiger partial charge is 0.298 e. The molecular formula is C9H8N2O2S. The van der Waals surface area contributed by atoms with E-state index in [9.17, 15) is 9.59 Å². The zero-order chi connectivity index (χ0) is 10.1. The van der Waals surface area contributed by atoms with Gasteiger partial charge < -0.3 is 0 Å². The molecule has 0 spiro atoms. The highest BCUT2D eigenvalue weighted by Gasteiger charge is 2.05. The first-order valence-electron chi connectivity index (χ1n) is 4.10. The van der Waals surface area contributed by atoms with Crippen LogP contribution in [0.15, 0.2) is 22.6 Å². The summed E-state index contributed by atoms with van der Waals surface area (Å²) in [5.74, 6) is -0.0511. The Labute approximate surface area is 83.8 Å². The molecule has 0 aliphatic carbocycles. The Bertz CT molecular complexity index is 541. The van der Waals surface area contributed by atoms with Crippen LogP contribution < -0.4 is 5.56 Å². The van der Waals surface area contributed by atoms with Crippen molar-refractivity contribution in [3.8, 4) is 0 Å². The third-order valence-corrected chi connectivity index (χ3v) is 2.72. The molecule has 0 atom stereocenters. The minimum atomic E-state index is -0.139. The fourth-order valence-corrected chi connectivity index (χ4v) is 2.02. The second-order valence-corrected chi connectivity index (χ2v) is 3.93. The normalized spacial score (nSPS) is 10.6. The van der Waals surface area contributed by atoms with E-state index < -0.39 is 0 Å². The average Bonchev–Trinajstić information content (AvgIpc) is 2.57. The van der Waals surface area contributed by atoms with E-state index in [4.69, 9.17) is 0 Å². The fraction of sp³-hybridized carbons (Fsp3) is 0.222. The summed E-state index contributed by atoms with van der Waals surface area (Å²) in [5.41, 5.74) is 0.556. The Morgan fingerprint density at radius 2 is 2.43 bits per heavy atom. The number of carbonyl (C=O) groups is 1. The van der Waals surface area contributed by atoms with Crippen molar-refractivity contribution in [2.75, 3.05) is 0 Å². The van der Waals surface area contributed by atoms with Crippen molar-refractivity contribution >= 4 is 27.3 Å². The minimum Gasteiger partial charge on any atom is -0.298 e. The second-order valence-electron chi connectivity index (χ2n) is 3.01. The maximum Gasteiger partial charge on any atom is 0.271 e. The van der Waals surface area contributed by atoms with Gasteiger partial charge in [0.15, 0.2) is 0 Å². The SMILES string of the molecule is CC(=O)Cn1cnc2ccsc2c1=O. The molecule has 0 bridgehead atoms. The van der Waals surface area contributed by atoms with Crippen molar-refractivity contribution in [1.82, 2.24) is 9.55 Å². The molecule has 0 aromatic carbocycles. The molecule has 0 saturated carbocycles. The predicted molar refractivity (Wildman–Crippen MR) is 54.6 cm³/mol. The number of aromatic nitrogens is 2. The van der Waals surface area contributed by atoms with E-state index in [2.05, 4.69) is 4.98 Å². The molecule has 2 heterocycles. The number of fused-ring (bicyclic) bond motifs is 1. The van der Waals surface area contributed by atoms with E-state index in [1.807, 2.05) is 5.38 Å². The molecule has 0 amide bonds. The van der Waals surface area contributed by atoms with Crippen LogP contribution >= 0.6 is 11.3 Å². The highest BCUT2D eigenvalue weighted by molar-refractivity contribution is 7.17. The van der Waals surface area contributed by atoms with Crippen molar-refractivity contribution in [2.24, 2.45) is 0 Å². The first-order valence-corrected chi connectivity index (χ1v) is 4.98. The first-order chi connectivity index (χ1) is 6.68. The third-order valence-electron chi connectivity index (χ3n) is 1.83. The highest BCUT2D eigenvalue weighted by Crippen LogP contribution is 2.12. The fourth-order valence-electron chi connectivity index (χ4n) is 1.23. The average molecular weight is 208 g/mol. The van der Waals surface area contributed by atoms with E-state index >= 15 is 0 Å². The van der Waals surface area contributed by atoms with Gasteiger partial charge in [-0.25, -0.2) is 4.98 Å². The van der Waals surface area contributed by atoms with Gasteiger partial charge in [-0.15, -0.1) is 11.3 Å².